The van der Waals surface area contributed by atoms with Gasteiger partial charge in [0.15, 0.2) is 5.11 Å². The van der Waals surface area contributed by atoms with Gasteiger partial charge in [0.1, 0.15) is 17.6 Å². The zero-order chi connectivity index (χ0) is 24.7. The molecule has 2 aromatic carbocycles. The van der Waals surface area contributed by atoms with Crippen molar-refractivity contribution < 1.29 is 14.3 Å². The van der Waals surface area contributed by atoms with Gasteiger partial charge in [-0.2, -0.15) is 0 Å². The van der Waals surface area contributed by atoms with Crippen molar-refractivity contribution in [3.05, 3.63) is 106 Å². The van der Waals surface area contributed by atoms with E-state index in [2.05, 4.69) is 36.3 Å². The highest BCUT2D eigenvalue weighted by Crippen LogP contribution is 2.43. The van der Waals surface area contributed by atoms with Crippen molar-refractivity contribution in [1.29, 1.82) is 0 Å². The van der Waals surface area contributed by atoms with Crippen molar-refractivity contribution in [2.45, 2.75) is 25.9 Å². The monoisotopic (exact) mass is 503 g/mol. The minimum atomic E-state index is -1.03. The van der Waals surface area contributed by atoms with Crippen molar-refractivity contribution in [1.82, 2.24) is 10.3 Å². The van der Waals surface area contributed by atoms with Crippen LogP contribution < -0.4 is 10.2 Å². The Hall–Kier alpha value is -3.68. The molecule has 0 amide bonds. The van der Waals surface area contributed by atoms with Crippen LogP contribution in [0.3, 0.4) is 0 Å². The van der Waals surface area contributed by atoms with Gasteiger partial charge in [-0.05, 0) is 91.8 Å². The van der Waals surface area contributed by atoms with Gasteiger partial charge in [0.2, 0.25) is 0 Å². The number of carboxylic acid groups (broad SMARTS) is 1. The van der Waals surface area contributed by atoms with E-state index in [-0.39, 0.29) is 17.6 Å². The number of anilines is 1. The first kappa shape index (κ1) is 23.1. The van der Waals surface area contributed by atoms with Crippen molar-refractivity contribution in [3.63, 3.8) is 0 Å². The van der Waals surface area contributed by atoms with E-state index in [9.17, 15) is 9.90 Å². The Labute approximate surface area is 213 Å². The number of nitrogens with zero attached hydrogens (tertiary/aromatic N) is 2. The first-order valence-electron chi connectivity index (χ1n) is 11.0. The number of furan rings is 1. The molecular weight excluding hydrogens is 482 g/mol. The zero-order valence-electron chi connectivity index (χ0n) is 19.0. The molecule has 8 heteroatoms. The number of carbonyl (C=O) groups is 1. The maximum Gasteiger partial charge on any atom is 0.335 e. The lowest BCUT2D eigenvalue weighted by Gasteiger charge is -2.26. The number of rotatable bonds is 5. The zero-order valence-corrected chi connectivity index (χ0v) is 20.6. The first-order valence-corrected chi connectivity index (χ1v) is 11.8. The number of aryl methyl sites for hydroxylation is 2. The SMILES string of the molecule is Cc1ccc(N2C(=S)N[C@@H](c3ccccn3)[C@H]2c2ccc(-c3cc(C(=O)O)ccc3Cl)o2)cc1C. The lowest BCUT2D eigenvalue weighted by molar-refractivity contribution is 0.0697. The van der Waals surface area contributed by atoms with Crippen LogP contribution in [0.15, 0.2) is 77.3 Å². The predicted octanol–water partition coefficient (Wildman–Crippen LogP) is 6.49. The van der Waals surface area contributed by atoms with E-state index >= 15 is 0 Å². The Morgan fingerprint density at radius 2 is 1.91 bits per heavy atom. The molecule has 3 heterocycles. The van der Waals surface area contributed by atoms with Crippen molar-refractivity contribution in [2.24, 2.45) is 0 Å². The molecule has 0 spiro atoms. The first-order chi connectivity index (χ1) is 16.8. The van der Waals surface area contributed by atoms with Crippen molar-refractivity contribution in [3.8, 4) is 11.3 Å². The molecule has 0 bridgehead atoms. The van der Waals surface area contributed by atoms with Gasteiger partial charge in [0.25, 0.3) is 0 Å². The van der Waals surface area contributed by atoms with E-state index in [1.54, 1.807) is 18.3 Å². The molecule has 1 saturated heterocycles. The van der Waals surface area contributed by atoms with Crippen LogP contribution in [-0.4, -0.2) is 21.2 Å². The number of hydrogen-bond donors (Lipinski definition) is 2. The van der Waals surface area contributed by atoms with Crippen molar-refractivity contribution >= 4 is 40.6 Å². The quantitative estimate of drug-likeness (QED) is 0.301. The summed E-state index contributed by atoms with van der Waals surface area (Å²) in [6.07, 6.45) is 1.75. The maximum atomic E-state index is 11.5. The number of carboxylic acids is 1. The van der Waals surface area contributed by atoms with Crippen LogP contribution in [0.25, 0.3) is 11.3 Å². The Bertz CT molecular complexity index is 1440. The summed E-state index contributed by atoms with van der Waals surface area (Å²) in [5.74, 6) is 0.0971. The summed E-state index contributed by atoms with van der Waals surface area (Å²) in [6.45, 7) is 4.14. The van der Waals surface area contributed by atoms with Crippen LogP contribution in [0.5, 0.6) is 0 Å². The third-order valence-electron chi connectivity index (χ3n) is 6.26. The fraction of sp³-hybridized carbons (Fsp3) is 0.148. The molecule has 5 rings (SSSR count). The highest BCUT2D eigenvalue weighted by atomic mass is 35.5. The standard InChI is InChI=1S/C27H22ClN3O3S/c1-15-6-8-18(13-16(15)2)31-25(24(30-27(31)35)21-5-3-4-12-29-21)23-11-10-22(34-23)19-14-17(26(32)33)7-9-20(19)28/h3-14,24-25H,1-2H3,(H,30,35)(H,32,33)/t24-,25+/m0/s1. The molecule has 0 saturated carbocycles. The highest BCUT2D eigenvalue weighted by Gasteiger charge is 2.42. The fourth-order valence-corrected chi connectivity index (χ4v) is 4.86. The molecular formula is C27H22ClN3O3S. The molecule has 4 aromatic rings. The lowest BCUT2D eigenvalue weighted by atomic mass is 10.0. The van der Waals surface area contributed by atoms with E-state index in [0.29, 0.717) is 27.2 Å². The second-order valence-corrected chi connectivity index (χ2v) is 9.26. The van der Waals surface area contributed by atoms with Crippen molar-refractivity contribution in [2.75, 3.05) is 4.90 Å². The Morgan fingerprint density at radius 3 is 2.63 bits per heavy atom. The number of halogens is 1. The molecule has 35 heavy (non-hydrogen) atoms. The van der Waals surface area contributed by atoms with E-state index in [1.807, 2.05) is 35.2 Å². The molecule has 2 aromatic heterocycles. The van der Waals surface area contributed by atoms with E-state index in [1.165, 1.54) is 17.7 Å². The summed E-state index contributed by atoms with van der Waals surface area (Å²) in [5, 5.41) is 13.8. The summed E-state index contributed by atoms with van der Waals surface area (Å²) in [6, 6.07) is 19.6. The van der Waals surface area contributed by atoms with Crippen LogP contribution in [-0.2, 0) is 0 Å². The topological polar surface area (TPSA) is 78.6 Å². The molecule has 0 aliphatic carbocycles. The van der Waals surface area contributed by atoms with Crippen LogP contribution >= 0.6 is 23.8 Å². The number of benzene rings is 2. The molecule has 6 nitrogen and oxygen atoms in total. The Morgan fingerprint density at radius 1 is 1.09 bits per heavy atom. The fourth-order valence-electron chi connectivity index (χ4n) is 4.30. The van der Waals surface area contributed by atoms with E-state index in [4.69, 9.17) is 28.2 Å². The minimum Gasteiger partial charge on any atom is -0.478 e. The van der Waals surface area contributed by atoms with Gasteiger partial charge in [0.05, 0.1) is 22.3 Å². The molecule has 2 atom stereocenters. The van der Waals surface area contributed by atoms with E-state index in [0.717, 1.165) is 16.9 Å². The number of aromatic carboxylic acids is 1. The molecule has 176 valence electrons. The molecule has 0 unspecified atom stereocenters. The molecule has 2 N–H and O–H groups in total. The summed E-state index contributed by atoms with van der Waals surface area (Å²) < 4.78 is 6.33. The van der Waals surface area contributed by atoms with Gasteiger partial charge in [-0.3, -0.25) is 4.98 Å². The third-order valence-corrected chi connectivity index (χ3v) is 6.91. The summed E-state index contributed by atoms with van der Waals surface area (Å²) >= 11 is 12.2. The summed E-state index contributed by atoms with van der Waals surface area (Å²) in [5.41, 5.74) is 4.77. The molecule has 1 fully saturated rings. The Balaban J connectivity index is 1.62. The summed E-state index contributed by atoms with van der Waals surface area (Å²) in [4.78, 5) is 18.1. The Kier molecular flexibility index (Phi) is 6.05. The molecule has 0 radical (unpaired) electrons. The van der Waals surface area contributed by atoms with Gasteiger partial charge in [-0.15, -0.1) is 0 Å². The summed E-state index contributed by atoms with van der Waals surface area (Å²) in [7, 11) is 0. The normalized spacial score (nSPS) is 17.5. The highest BCUT2D eigenvalue weighted by molar-refractivity contribution is 7.80. The number of pyridine rings is 1. The minimum absolute atomic E-state index is 0.134. The van der Waals surface area contributed by atoms with Crippen LogP contribution in [0.1, 0.15) is 45.0 Å². The maximum absolute atomic E-state index is 11.5. The van der Waals surface area contributed by atoms with Gasteiger partial charge in [-0.25, -0.2) is 4.79 Å². The number of thiocarbonyl (C=S) groups is 1. The average molecular weight is 504 g/mol. The number of nitrogens with one attached hydrogen (secondary N) is 1. The molecule has 1 aliphatic heterocycles. The lowest BCUT2D eigenvalue weighted by Crippen LogP contribution is -2.29. The number of hydrogen-bond acceptors (Lipinski definition) is 4. The average Bonchev–Trinajstić information content (AvgIpc) is 3.46. The third kappa shape index (κ3) is 4.29. The van der Waals surface area contributed by atoms with Gasteiger partial charge < -0.3 is 19.7 Å². The predicted molar refractivity (Wildman–Crippen MR) is 140 cm³/mol. The van der Waals surface area contributed by atoms with Gasteiger partial charge in [-0.1, -0.05) is 23.7 Å². The van der Waals surface area contributed by atoms with E-state index < -0.39 is 5.97 Å². The second-order valence-electron chi connectivity index (χ2n) is 8.47. The molecule has 1 aliphatic rings. The smallest absolute Gasteiger partial charge is 0.335 e. The van der Waals surface area contributed by atoms with Crippen LogP contribution in [0.4, 0.5) is 5.69 Å². The van der Waals surface area contributed by atoms with Gasteiger partial charge in [0, 0.05) is 17.4 Å². The van der Waals surface area contributed by atoms with Gasteiger partial charge >= 0.3 is 5.97 Å². The van der Waals surface area contributed by atoms with Crippen LogP contribution in [0.2, 0.25) is 5.02 Å². The van der Waals surface area contributed by atoms with Crippen LogP contribution in [0, 0.1) is 13.8 Å². The largest absolute Gasteiger partial charge is 0.478 e. The second kappa shape index (κ2) is 9.17. The number of aromatic nitrogens is 1.